The molecule has 0 spiro atoms. The van der Waals surface area contributed by atoms with Crippen LogP contribution in [0.5, 0.6) is 0 Å². The molecule has 0 bridgehead atoms. The van der Waals surface area contributed by atoms with Crippen molar-refractivity contribution in [1.82, 2.24) is 0 Å². The molecule has 1 aromatic carbocycles. The quantitative estimate of drug-likeness (QED) is 0.592. The van der Waals surface area contributed by atoms with Gasteiger partial charge in [-0.15, -0.1) is 0 Å². The van der Waals surface area contributed by atoms with Gasteiger partial charge in [0.15, 0.2) is 0 Å². The van der Waals surface area contributed by atoms with Gasteiger partial charge in [0.2, 0.25) is 5.91 Å². The number of rotatable bonds is 7. The van der Waals surface area contributed by atoms with Crippen molar-refractivity contribution in [2.24, 2.45) is 5.73 Å². The highest BCUT2D eigenvalue weighted by Gasteiger charge is 2.06. The highest BCUT2D eigenvalue weighted by molar-refractivity contribution is 6.30. The molecule has 1 rings (SSSR count). The maximum atomic E-state index is 11.9. The number of hydrogen-bond donors (Lipinski definition) is 2. The summed E-state index contributed by atoms with van der Waals surface area (Å²) >= 11 is 5.95. The zero-order chi connectivity index (χ0) is 15.5. The highest BCUT2D eigenvalue weighted by atomic mass is 35.5. The second-order valence-corrected chi connectivity index (χ2v) is 5.34. The van der Waals surface area contributed by atoms with Gasteiger partial charge in [-0.05, 0) is 24.6 Å². The van der Waals surface area contributed by atoms with E-state index >= 15 is 0 Å². The van der Waals surface area contributed by atoms with Gasteiger partial charge in [0.1, 0.15) is 0 Å². The van der Waals surface area contributed by atoms with Crippen LogP contribution in [0.25, 0.3) is 0 Å². The summed E-state index contributed by atoms with van der Waals surface area (Å²) in [5.74, 6) is 5.73. The lowest BCUT2D eigenvalue weighted by Crippen LogP contribution is -2.12. The van der Waals surface area contributed by atoms with E-state index < -0.39 is 0 Å². The van der Waals surface area contributed by atoms with Crippen LogP contribution in [-0.4, -0.2) is 12.5 Å². The van der Waals surface area contributed by atoms with E-state index in [0.29, 0.717) is 22.7 Å². The minimum absolute atomic E-state index is 0.0182. The van der Waals surface area contributed by atoms with E-state index in [2.05, 4.69) is 24.1 Å². The van der Waals surface area contributed by atoms with E-state index in [1.165, 1.54) is 19.3 Å². The molecule has 0 aromatic heterocycles. The molecule has 0 aliphatic heterocycles. The average Bonchev–Trinajstić information content (AvgIpc) is 2.47. The van der Waals surface area contributed by atoms with Crippen LogP contribution in [0.2, 0.25) is 5.02 Å². The molecule has 3 nitrogen and oxygen atoms in total. The summed E-state index contributed by atoms with van der Waals surface area (Å²) in [6.07, 6.45) is 6.19. The van der Waals surface area contributed by atoms with Crippen molar-refractivity contribution in [2.75, 3.05) is 11.9 Å². The van der Waals surface area contributed by atoms with Crippen LogP contribution in [-0.2, 0) is 4.79 Å². The topological polar surface area (TPSA) is 55.1 Å². The van der Waals surface area contributed by atoms with E-state index in [1.807, 2.05) is 0 Å². The van der Waals surface area contributed by atoms with E-state index in [4.69, 9.17) is 17.3 Å². The molecule has 114 valence electrons. The number of nitrogens with one attached hydrogen (secondary N) is 1. The fourth-order valence-electron chi connectivity index (χ4n) is 1.98. The number of hydrogen-bond acceptors (Lipinski definition) is 2. The zero-order valence-corrected chi connectivity index (χ0v) is 13.3. The maximum Gasteiger partial charge on any atom is 0.224 e. The molecule has 0 saturated carbocycles. The Morgan fingerprint density at radius 2 is 2.05 bits per heavy atom. The van der Waals surface area contributed by atoms with Crippen LogP contribution in [0.3, 0.4) is 0 Å². The molecular weight excluding hydrogens is 284 g/mol. The molecular formula is C17H23ClN2O. The summed E-state index contributed by atoms with van der Waals surface area (Å²) in [7, 11) is 0. The molecule has 0 aliphatic carbocycles. The Morgan fingerprint density at radius 3 is 2.76 bits per heavy atom. The summed E-state index contributed by atoms with van der Waals surface area (Å²) in [5, 5.41) is 3.49. The van der Waals surface area contributed by atoms with Gasteiger partial charge in [0, 0.05) is 17.0 Å². The third kappa shape index (κ3) is 7.17. The molecule has 1 aromatic rings. The zero-order valence-electron chi connectivity index (χ0n) is 12.5. The largest absolute Gasteiger partial charge is 0.325 e. The Kier molecular flexibility index (Phi) is 8.57. The van der Waals surface area contributed by atoms with Gasteiger partial charge < -0.3 is 11.1 Å². The molecule has 0 unspecified atom stereocenters. The first-order valence-electron chi connectivity index (χ1n) is 7.45. The van der Waals surface area contributed by atoms with Gasteiger partial charge in [-0.1, -0.05) is 56.0 Å². The van der Waals surface area contributed by atoms with Crippen molar-refractivity contribution in [1.29, 1.82) is 0 Å². The molecule has 0 radical (unpaired) electrons. The fraction of sp³-hybridized carbons (Fsp3) is 0.471. The van der Waals surface area contributed by atoms with Crippen LogP contribution in [0.1, 0.15) is 51.0 Å². The molecule has 3 N–H and O–H groups in total. The Balaban J connectivity index is 2.55. The van der Waals surface area contributed by atoms with Crippen molar-refractivity contribution in [2.45, 2.75) is 45.4 Å². The average molecular weight is 307 g/mol. The van der Waals surface area contributed by atoms with Gasteiger partial charge >= 0.3 is 0 Å². The van der Waals surface area contributed by atoms with E-state index in [0.717, 1.165) is 12.8 Å². The second kappa shape index (κ2) is 10.3. The molecule has 0 atom stereocenters. The number of benzene rings is 1. The standard InChI is InChI=1S/C17H23ClN2O/c1-2-3-4-5-6-9-17(21)20-16-11-10-15(18)13-14(16)8-7-12-19/h10-11,13H,2-6,9,12,19H2,1H3,(H,20,21). The van der Waals surface area contributed by atoms with Gasteiger partial charge in [-0.3, -0.25) is 4.79 Å². The van der Waals surface area contributed by atoms with Crippen LogP contribution >= 0.6 is 11.6 Å². The Morgan fingerprint density at radius 1 is 1.29 bits per heavy atom. The Hall–Kier alpha value is -1.50. The lowest BCUT2D eigenvalue weighted by Gasteiger charge is -2.08. The number of carbonyl (C=O) groups excluding carboxylic acids is 1. The third-order valence-corrected chi connectivity index (χ3v) is 3.32. The summed E-state index contributed by atoms with van der Waals surface area (Å²) in [5.41, 5.74) is 6.77. The molecule has 1 amide bonds. The first-order chi connectivity index (χ1) is 10.2. The van der Waals surface area contributed by atoms with Crippen LogP contribution in [0.15, 0.2) is 18.2 Å². The normalized spacial score (nSPS) is 9.86. The number of amides is 1. The van der Waals surface area contributed by atoms with E-state index in [9.17, 15) is 4.79 Å². The third-order valence-electron chi connectivity index (χ3n) is 3.09. The second-order valence-electron chi connectivity index (χ2n) is 4.91. The number of nitrogens with two attached hydrogens (primary N) is 1. The number of halogens is 1. The molecule has 0 heterocycles. The predicted molar refractivity (Wildman–Crippen MR) is 89.4 cm³/mol. The van der Waals surface area contributed by atoms with Gasteiger partial charge in [0.25, 0.3) is 0 Å². The minimum Gasteiger partial charge on any atom is -0.325 e. The Bertz CT molecular complexity index is 517. The fourth-order valence-corrected chi connectivity index (χ4v) is 2.15. The number of unbranched alkanes of at least 4 members (excludes halogenated alkanes) is 4. The first kappa shape index (κ1) is 17.6. The lowest BCUT2D eigenvalue weighted by molar-refractivity contribution is -0.116. The van der Waals surface area contributed by atoms with Crippen molar-refractivity contribution in [3.8, 4) is 11.8 Å². The molecule has 4 heteroatoms. The summed E-state index contributed by atoms with van der Waals surface area (Å²) in [6.45, 7) is 2.45. The molecule has 21 heavy (non-hydrogen) atoms. The maximum absolute atomic E-state index is 11.9. The van der Waals surface area contributed by atoms with Crippen molar-refractivity contribution in [3.05, 3.63) is 28.8 Å². The van der Waals surface area contributed by atoms with E-state index in [1.54, 1.807) is 18.2 Å². The molecule has 0 aliphatic rings. The van der Waals surface area contributed by atoms with Crippen LogP contribution in [0, 0.1) is 11.8 Å². The predicted octanol–water partition coefficient (Wildman–Crippen LogP) is 3.95. The van der Waals surface area contributed by atoms with Crippen molar-refractivity contribution < 1.29 is 4.79 Å². The highest BCUT2D eigenvalue weighted by Crippen LogP contribution is 2.20. The summed E-state index contributed by atoms with van der Waals surface area (Å²) in [4.78, 5) is 11.9. The number of anilines is 1. The van der Waals surface area contributed by atoms with E-state index in [-0.39, 0.29) is 12.5 Å². The lowest BCUT2D eigenvalue weighted by atomic mass is 10.1. The first-order valence-corrected chi connectivity index (χ1v) is 7.83. The SMILES string of the molecule is CCCCCCCC(=O)Nc1ccc(Cl)cc1C#CCN. The van der Waals surface area contributed by atoms with Crippen molar-refractivity contribution in [3.63, 3.8) is 0 Å². The number of carbonyl (C=O) groups is 1. The molecule has 0 fully saturated rings. The monoisotopic (exact) mass is 306 g/mol. The van der Waals surface area contributed by atoms with Gasteiger partial charge in [-0.2, -0.15) is 0 Å². The van der Waals surface area contributed by atoms with Crippen LogP contribution in [0.4, 0.5) is 5.69 Å². The van der Waals surface area contributed by atoms with Gasteiger partial charge in [-0.25, -0.2) is 0 Å². The summed E-state index contributed by atoms with van der Waals surface area (Å²) < 4.78 is 0. The van der Waals surface area contributed by atoms with Crippen LogP contribution < -0.4 is 11.1 Å². The minimum atomic E-state index is 0.0182. The smallest absolute Gasteiger partial charge is 0.224 e. The molecule has 0 saturated heterocycles. The van der Waals surface area contributed by atoms with Gasteiger partial charge in [0.05, 0.1) is 12.2 Å². The van der Waals surface area contributed by atoms with Crippen molar-refractivity contribution >= 4 is 23.2 Å². The summed E-state index contributed by atoms with van der Waals surface area (Å²) in [6, 6.07) is 5.25. The Labute approximate surface area is 132 Å².